The molecule has 1 fully saturated rings. The van der Waals surface area contributed by atoms with E-state index in [2.05, 4.69) is 18.8 Å². The Bertz CT molecular complexity index is 372. The first kappa shape index (κ1) is 10.7. The number of hydrogen-bond donors (Lipinski definition) is 0. The van der Waals surface area contributed by atoms with Gasteiger partial charge in [0.15, 0.2) is 0 Å². The lowest BCUT2D eigenvalue weighted by molar-refractivity contribution is 0.387. The third kappa shape index (κ3) is 1.61. The monoisotopic (exact) mass is 225 g/mol. The van der Waals surface area contributed by atoms with E-state index in [4.69, 9.17) is 16.3 Å². The molecule has 0 aliphatic heterocycles. The van der Waals surface area contributed by atoms with Crippen molar-refractivity contribution in [3.63, 3.8) is 0 Å². The summed E-state index contributed by atoms with van der Waals surface area (Å²) in [6.45, 7) is 4.48. The molecule has 0 saturated heterocycles. The largest absolute Gasteiger partial charge is 0.495 e. The average Bonchev–Trinajstić information content (AvgIpc) is 2.98. The quantitative estimate of drug-likeness (QED) is 0.786. The van der Waals surface area contributed by atoms with Crippen molar-refractivity contribution in [1.82, 2.24) is 4.98 Å². The maximum absolute atomic E-state index is 6.23. The molecule has 0 amide bonds. The lowest BCUT2D eigenvalue weighted by Crippen LogP contribution is -2.16. The molecule has 82 valence electrons. The van der Waals surface area contributed by atoms with Gasteiger partial charge >= 0.3 is 0 Å². The van der Waals surface area contributed by atoms with Gasteiger partial charge in [-0.3, -0.25) is 4.98 Å². The van der Waals surface area contributed by atoms with E-state index < -0.39 is 0 Å². The Morgan fingerprint density at radius 3 is 2.53 bits per heavy atom. The summed E-state index contributed by atoms with van der Waals surface area (Å²) in [7, 11) is 1.67. The molecular weight excluding hydrogens is 210 g/mol. The molecule has 0 radical (unpaired) electrons. The summed E-state index contributed by atoms with van der Waals surface area (Å²) < 4.78 is 5.36. The SMILES string of the molecule is COc1cncc(Cl)c1C1(C(C)C)CC1. The molecule has 15 heavy (non-hydrogen) atoms. The Labute approximate surface area is 95.6 Å². The van der Waals surface area contributed by atoms with Crippen LogP contribution < -0.4 is 4.74 Å². The number of halogens is 1. The van der Waals surface area contributed by atoms with E-state index >= 15 is 0 Å². The van der Waals surface area contributed by atoms with Gasteiger partial charge in [0.05, 0.1) is 18.3 Å². The molecule has 2 rings (SSSR count). The lowest BCUT2D eigenvalue weighted by Gasteiger charge is -2.23. The fraction of sp³-hybridized carbons (Fsp3) is 0.583. The van der Waals surface area contributed by atoms with Gasteiger partial charge in [-0.05, 0) is 18.8 Å². The van der Waals surface area contributed by atoms with Gasteiger partial charge in [0.25, 0.3) is 0 Å². The van der Waals surface area contributed by atoms with E-state index in [-0.39, 0.29) is 5.41 Å². The van der Waals surface area contributed by atoms with Crippen LogP contribution in [0.2, 0.25) is 5.02 Å². The zero-order chi connectivity index (χ0) is 11.1. The maximum atomic E-state index is 6.23. The number of rotatable bonds is 3. The van der Waals surface area contributed by atoms with Crippen LogP contribution in [-0.4, -0.2) is 12.1 Å². The molecule has 2 nitrogen and oxygen atoms in total. The van der Waals surface area contributed by atoms with E-state index in [1.54, 1.807) is 19.5 Å². The number of ether oxygens (including phenoxy) is 1. The highest BCUT2D eigenvalue weighted by molar-refractivity contribution is 6.31. The van der Waals surface area contributed by atoms with E-state index in [0.29, 0.717) is 5.92 Å². The summed E-state index contributed by atoms with van der Waals surface area (Å²) in [6, 6.07) is 0. The highest BCUT2D eigenvalue weighted by Gasteiger charge is 2.49. The van der Waals surface area contributed by atoms with Crippen molar-refractivity contribution in [3.8, 4) is 5.75 Å². The van der Waals surface area contributed by atoms with Crippen LogP contribution in [0.25, 0.3) is 0 Å². The second-order valence-corrected chi connectivity index (χ2v) is 4.92. The summed E-state index contributed by atoms with van der Waals surface area (Å²) in [6.07, 6.45) is 5.86. The molecule has 1 aromatic rings. The summed E-state index contributed by atoms with van der Waals surface area (Å²) in [5.41, 5.74) is 1.38. The van der Waals surface area contributed by atoms with Crippen LogP contribution in [0.4, 0.5) is 0 Å². The normalized spacial score (nSPS) is 17.9. The second-order valence-electron chi connectivity index (χ2n) is 4.51. The minimum Gasteiger partial charge on any atom is -0.495 e. The zero-order valence-electron chi connectivity index (χ0n) is 9.38. The van der Waals surface area contributed by atoms with E-state index in [9.17, 15) is 0 Å². The first-order chi connectivity index (χ1) is 7.12. The zero-order valence-corrected chi connectivity index (χ0v) is 10.1. The number of hydrogen-bond acceptors (Lipinski definition) is 2. The van der Waals surface area contributed by atoms with E-state index in [1.165, 1.54) is 12.8 Å². The maximum Gasteiger partial charge on any atom is 0.142 e. The molecule has 1 aliphatic carbocycles. The van der Waals surface area contributed by atoms with Crippen molar-refractivity contribution in [2.24, 2.45) is 5.92 Å². The summed E-state index contributed by atoms with van der Waals surface area (Å²) in [5.74, 6) is 1.42. The Kier molecular flexibility index (Phi) is 2.63. The molecule has 1 saturated carbocycles. The molecule has 3 heteroatoms. The van der Waals surface area contributed by atoms with Crippen molar-refractivity contribution < 1.29 is 4.74 Å². The average molecular weight is 226 g/mol. The van der Waals surface area contributed by atoms with Gasteiger partial charge < -0.3 is 4.74 Å². The topological polar surface area (TPSA) is 22.1 Å². The van der Waals surface area contributed by atoms with Crippen LogP contribution in [0.3, 0.4) is 0 Å². The van der Waals surface area contributed by atoms with E-state index in [0.717, 1.165) is 16.3 Å². The fourth-order valence-corrected chi connectivity index (χ4v) is 2.64. The van der Waals surface area contributed by atoms with Gasteiger partial charge in [-0.15, -0.1) is 0 Å². The van der Waals surface area contributed by atoms with Crippen LogP contribution in [0.5, 0.6) is 5.75 Å². The number of pyridine rings is 1. The molecule has 1 aliphatic rings. The van der Waals surface area contributed by atoms with Crippen LogP contribution >= 0.6 is 11.6 Å². The number of aromatic nitrogens is 1. The molecule has 0 aromatic carbocycles. The molecule has 1 heterocycles. The molecule has 0 atom stereocenters. The Morgan fingerprint density at radius 1 is 1.40 bits per heavy atom. The molecule has 1 aromatic heterocycles. The van der Waals surface area contributed by atoms with E-state index in [1.807, 2.05) is 0 Å². The first-order valence-electron chi connectivity index (χ1n) is 5.30. The molecule has 0 bridgehead atoms. The molecular formula is C12H16ClNO. The smallest absolute Gasteiger partial charge is 0.142 e. The van der Waals surface area contributed by atoms with Gasteiger partial charge in [0, 0.05) is 17.2 Å². The van der Waals surface area contributed by atoms with Crippen LogP contribution in [-0.2, 0) is 5.41 Å². The van der Waals surface area contributed by atoms with Gasteiger partial charge in [-0.1, -0.05) is 25.4 Å². The highest BCUT2D eigenvalue weighted by Crippen LogP contribution is 2.57. The minimum absolute atomic E-state index is 0.228. The van der Waals surface area contributed by atoms with Crippen molar-refractivity contribution >= 4 is 11.6 Å². The first-order valence-corrected chi connectivity index (χ1v) is 5.67. The molecule has 0 unspecified atom stereocenters. The van der Waals surface area contributed by atoms with Crippen molar-refractivity contribution in [2.45, 2.75) is 32.1 Å². The standard InChI is InChI=1S/C12H16ClNO/c1-8(2)12(4-5-12)11-9(13)6-14-7-10(11)15-3/h6-8H,4-5H2,1-3H3. The second kappa shape index (κ2) is 3.67. The van der Waals surface area contributed by atoms with Crippen LogP contribution in [0, 0.1) is 5.92 Å². The van der Waals surface area contributed by atoms with Crippen molar-refractivity contribution in [3.05, 3.63) is 23.0 Å². The summed E-state index contributed by atoms with van der Waals surface area (Å²) >= 11 is 6.23. The summed E-state index contributed by atoms with van der Waals surface area (Å²) in [4.78, 5) is 4.06. The predicted molar refractivity (Wildman–Crippen MR) is 61.5 cm³/mol. The third-order valence-electron chi connectivity index (χ3n) is 3.48. The van der Waals surface area contributed by atoms with Crippen LogP contribution in [0.15, 0.2) is 12.4 Å². The molecule has 0 spiro atoms. The van der Waals surface area contributed by atoms with Crippen LogP contribution in [0.1, 0.15) is 32.3 Å². The van der Waals surface area contributed by atoms with Gasteiger partial charge in [-0.2, -0.15) is 0 Å². The lowest BCUT2D eigenvalue weighted by atomic mass is 9.85. The van der Waals surface area contributed by atoms with Gasteiger partial charge in [0.2, 0.25) is 0 Å². The molecule has 0 N–H and O–H groups in total. The minimum atomic E-state index is 0.228. The van der Waals surface area contributed by atoms with Crippen molar-refractivity contribution in [1.29, 1.82) is 0 Å². The Balaban J connectivity index is 2.51. The highest BCUT2D eigenvalue weighted by atomic mass is 35.5. The Hall–Kier alpha value is -0.760. The summed E-state index contributed by atoms with van der Waals surface area (Å²) in [5, 5.41) is 0.737. The third-order valence-corrected chi connectivity index (χ3v) is 3.76. The number of nitrogens with zero attached hydrogens (tertiary/aromatic N) is 1. The fourth-order valence-electron chi connectivity index (χ4n) is 2.31. The van der Waals surface area contributed by atoms with Gasteiger partial charge in [0.1, 0.15) is 5.75 Å². The van der Waals surface area contributed by atoms with Crippen molar-refractivity contribution in [2.75, 3.05) is 7.11 Å². The van der Waals surface area contributed by atoms with Gasteiger partial charge in [-0.25, -0.2) is 0 Å². The Morgan fingerprint density at radius 2 is 2.07 bits per heavy atom. The predicted octanol–water partition coefficient (Wildman–Crippen LogP) is 3.43. The number of methoxy groups -OCH3 is 1.